The molecule has 11 heteroatoms. The molecule has 194 valence electrons. The SMILES string of the molecule is CCOC(=O)C1=C(C)N=c2s/c(=C\c3ccc(N4CCOCC4)o3)c(=O)n2[C@@H]1c1ccc(OC)c(Br)c1. The molecule has 0 N–H and O–H groups in total. The molecule has 0 radical (unpaired) electrons. The Kier molecular flexibility index (Phi) is 7.36. The van der Waals surface area contributed by atoms with Gasteiger partial charge < -0.3 is 23.5 Å². The smallest absolute Gasteiger partial charge is 0.338 e. The number of anilines is 1. The summed E-state index contributed by atoms with van der Waals surface area (Å²) in [6.45, 7) is 6.52. The number of halogens is 1. The number of benzene rings is 1. The zero-order chi connectivity index (χ0) is 26.1. The number of thiazole rings is 1. The van der Waals surface area contributed by atoms with Crippen LogP contribution in [-0.4, -0.2) is 50.6 Å². The van der Waals surface area contributed by atoms with E-state index in [-0.39, 0.29) is 12.2 Å². The summed E-state index contributed by atoms with van der Waals surface area (Å²) in [7, 11) is 1.58. The second-order valence-corrected chi connectivity index (χ2v) is 10.3. The predicted molar refractivity (Wildman–Crippen MR) is 143 cm³/mol. The molecule has 3 aromatic rings. The van der Waals surface area contributed by atoms with Gasteiger partial charge in [-0.3, -0.25) is 9.36 Å². The maximum Gasteiger partial charge on any atom is 0.338 e. The molecule has 37 heavy (non-hydrogen) atoms. The molecule has 2 aliphatic heterocycles. The molecule has 1 saturated heterocycles. The normalized spacial score (nSPS) is 18.0. The van der Waals surface area contributed by atoms with Gasteiger partial charge in [-0.2, -0.15) is 0 Å². The molecule has 1 aromatic carbocycles. The average molecular weight is 588 g/mol. The summed E-state index contributed by atoms with van der Waals surface area (Å²) in [6.07, 6.45) is 1.72. The number of ether oxygens (including phenoxy) is 3. The van der Waals surface area contributed by atoms with Crippen LogP contribution in [-0.2, 0) is 14.3 Å². The summed E-state index contributed by atoms with van der Waals surface area (Å²) in [6, 6.07) is 8.51. The predicted octanol–water partition coefficient (Wildman–Crippen LogP) is 3.00. The fourth-order valence-corrected chi connectivity index (χ4v) is 6.05. The van der Waals surface area contributed by atoms with Gasteiger partial charge in [0.05, 0.1) is 53.2 Å². The van der Waals surface area contributed by atoms with Crippen molar-refractivity contribution in [2.24, 2.45) is 4.99 Å². The highest BCUT2D eigenvalue weighted by Crippen LogP contribution is 2.35. The number of hydrogen-bond donors (Lipinski definition) is 0. The van der Waals surface area contributed by atoms with Crippen molar-refractivity contribution in [2.45, 2.75) is 19.9 Å². The number of fused-ring (bicyclic) bond motifs is 1. The number of esters is 1. The van der Waals surface area contributed by atoms with Crippen LogP contribution < -0.4 is 24.5 Å². The molecule has 0 spiro atoms. The van der Waals surface area contributed by atoms with Gasteiger partial charge in [-0.05, 0) is 53.5 Å². The van der Waals surface area contributed by atoms with E-state index < -0.39 is 12.0 Å². The van der Waals surface area contributed by atoms with Crippen LogP contribution >= 0.6 is 27.3 Å². The van der Waals surface area contributed by atoms with Crippen molar-refractivity contribution in [1.82, 2.24) is 4.57 Å². The van der Waals surface area contributed by atoms with Crippen LogP contribution in [0.15, 0.2) is 60.3 Å². The number of furan rings is 1. The number of allylic oxidation sites excluding steroid dienone is 1. The molecule has 0 saturated carbocycles. The molecule has 0 bridgehead atoms. The molecule has 2 aromatic heterocycles. The lowest BCUT2D eigenvalue weighted by Gasteiger charge is -2.26. The van der Waals surface area contributed by atoms with Gasteiger partial charge in [-0.25, -0.2) is 9.79 Å². The van der Waals surface area contributed by atoms with Crippen molar-refractivity contribution in [3.63, 3.8) is 0 Å². The number of hydrogen-bond acceptors (Lipinski definition) is 9. The number of nitrogens with zero attached hydrogens (tertiary/aromatic N) is 3. The van der Waals surface area contributed by atoms with Crippen LogP contribution in [0.2, 0.25) is 0 Å². The number of rotatable bonds is 6. The molecule has 1 atom stereocenters. The molecule has 0 amide bonds. The Morgan fingerprint density at radius 2 is 2.05 bits per heavy atom. The zero-order valence-electron chi connectivity index (χ0n) is 20.7. The lowest BCUT2D eigenvalue weighted by molar-refractivity contribution is -0.139. The summed E-state index contributed by atoms with van der Waals surface area (Å²) in [5, 5.41) is 0. The lowest BCUT2D eigenvalue weighted by atomic mass is 9.96. The van der Waals surface area contributed by atoms with Crippen LogP contribution in [0.3, 0.4) is 0 Å². The van der Waals surface area contributed by atoms with Crippen LogP contribution in [0.1, 0.15) is 31.2 Å². The van der Waals surface area contributed by atoms with Crippen molar-refractivity contribution in [1.29, 1.82) is 0 Å². The number of aromatic nitrogens is 1. The second kappa shape index (κ2) is 10.7. The van der Waals surface area contributed by atoms with Crippen molar-refractivity contribution >= 4 is 45.2 Å². The van der Waals surface area contributed by atoms with Crippen molar-refractivity contribution in [2.75, 3.05) is 44.9 Å². The molecular weight excluding hydrogens is 562 g/mol. The molecule has 9 nitrogen and oxygen atoms in total. The maximum absolute atomic E-state index is 13.8. The topological polar surface area (TPSA) is 95.5 Å². The first-order valence-corrected chi connectivity index (χ1v) is 13.5. The number of carbonyl (C=O) groups is 1. The molecular formula is C26H26BrN3O6S. The molecule has 4 heterocycles. The summed E-state index contributed by atoms with van der Waals surface area (Å²) >= 11 is 4.78. The van der Waals surface area contributed by atoms with E-state index in [0.29, 0.717) is 49.8 Å². The molecule has 2 aliphatic rings. The fraction of sp³-hybridized carbons (Fsp3) is 0.346. The zero-order valence-corrected chi connectivity index (χ0v) is 23.1. The largest absolute Gasteiger partial charge is 0.496 e. The highest BCUT2D eigenvalue weighted by Gasteiger charge is 2.33. The number of carbonyl (C=O) groups excluding carboxylic acids is 1. The third kappa shape index (κ3) is 4.90. The maximum atomic E-state index is 13.8. The molecule has 0 unspecified atom stereocenters. The van der Waals surface area contributed by atoms with Gasteiger partial charge in [-0.15, -0.1) is 0 Å². The minimum absolute atomic E-state index is 0.211. The minimum atomic E-state index is -0.708. The Balaban J connectivity index is 1.62. The van der Waals surface area contributed by atoms with Gasteiger partial charge in [0.1, 0.15) is 11.5 Å². The Hall–Kier alpha value is -3.15. The van der Waals surface area contributed by atoms with Crippen molar-refractivity contribution < 1.29 is 23.4 Å². The molecule has 1 fully saturated rings. The third-order valence-corrected chi connectivity index (χ3v) is 7.82. The van der Waals surface area contributed by atoms with E-state index in [9.17, 15) is 9.59 Å². The average Bonchev–Trinajstić information content (AvgIpc) is 3.48. The second-order valence-electron chi connectivity index (χ2n) is 8.47. The number of morpholine rings is 1. The quantitative estimate of drug-likeness (QED) is 0.409. The highest BCUT2D eigenvalue weighted by molar-refractivity contribution is 9.10. The first-order valence-electron chi connectivity index (χ1n) is 11.9. The van der Waals surface area contributed by atoms with Crippen molar-refractivity contribution in [3.8, 4) is 5.75 Å². The van der Waals surface area contributed by atoms with Gasteiger partial charge in [0.15, 0.2) is 10.7 Å². The first-order chi connectivity index (χ1) is 17.9. The van der Waals surface area contributed by atoms with E-state index in [1.807, 2.05) is 24.3 Å². The summed E-state index contributed by atoms with van der Waals surface area (Å²) in [5.74, 6) is 1.44. The van der Waals surface area contributed by atoms with E-state index in [0.717, 1.165) is 24.5 Å². The summed E-state index contributed by atoms with van der Waals surface area (Å²) in [5.41, 5.74) is 1.30. The third-order valence-electron chi connectivity index (χ3n) is 6.22. The Labute approximate surface area is 225 Å². The Bertz CT molecular complexity index is 1550. The van der Waals surface area contributed by atoms with Gasteiger partial charge in [-0.1, -0.05) is 17.4 Å². The summed E-state index contributed by atoms with van der Waals surface area (Å²) < 4.78 is 24.9. The van der Waals surface area contributed by atoms with Crippen LogP contribution in [0, 0.1) is 0 Å². The van der Waals surface area contributed by atoms with Gasteiger partial charge >= 0.3 is 5.97 Å². The van der Waals surface area contributed by atoms with E-state index in [2.05, 4.69) is 25.8 Å². The Morgan fingerprint density at radius 3 is 2.76 bits per heavy atom. The number of methoxy groups -OCH3 is 1. The van der Waals surface area contributed by atoms with E-state index >= 15 is 0 Å². The van der Waals surface area contributed by atoms with Crippen LogP contribution in [0.4, 0.5) is 5.88 Å². The van der Waals surface area contributed by atoms with Crippen LogP contribution in [0.25, 0.3) is 6.08 Å². The standard InChI is InChI=1S/C26H26BrN3O6S/c1-4-35-25(32)22-15(2)28-26-30(23(22)16-5-7-19(33-3)18(27)13-16)24(31)20(37-26)14-17-6-8-21(36-17)29-9-11-34-12-10-29/h5-8,13-14,23H,4,9-12H2,1-3H3/b20-14-/t23-/m1/s1. The van der Waals surface area contributed by atoms with Gasteiger partial charge in [0.25, 0.3) is 5.56 Å². The van der Waals surface area contributed by atoms with Gasteiger partial charge in [0.2, 0.25) is 0 Å². The van der Waals surface area contributed by atoms with Gasteiger partial charge in [0, 0.05) is 25.2 Å². The fourth-order valence-electron chi connectivity index (χ4n) is 4.46. The van der Waals surface area contributed by atoms with E-state index in [4.69, 9.17) is 18.6 Å². The Morgan fingerprint density at radius 1 is 1.27 bits per heavy atom. The summed E-state index contributed by atoms with van der Waals surface area (Å²) in [4.78, 5) is 34.0. The molecule has 5 rings (SSSR count). The monoisotopic (exact) mass is 587 g/mol. The van der Waals surface area contributed by atoms with E-state index in [1.54, 1.807) is 37.7 Å². The van der Waals surface area contributed by atoms with E-state index in [1.165, 1.54) is 11.3 Å². The minimum Gasteiger partial charge on any atom is -0.496 e. The van der Waals surface area contributed by atoms with Crippen molar-refractivity contribution in [3.05, 3.63) is 77.1 Å². The first kappa shape index (κ1) is 25.5. The van der Waals surface area contributed by atoms with Crippen LogP contribution in [0.5, 0.6) is 5.75 Å². The highest BCUT2D eigenvalue weighted by atomic mass is 79.9. The lowest BCUT2D eigenvalue weighted by Crippen LogP contribution is -2.39. The molecule has 0 aliphatic carbocycles.